The van der Waals surface area contributed by atoms with Crippen LogP contribution in [0.3, 0.4) is 0 Å². The van der Waals surface area contributed by atoms with Gasteiger partial charge >= 0.3 is 0 Å². The predicted octanol–water partition coefficient (Wildman–Crippen LogP) is 7.75. The van der Waals surface area contributed by atoms with Crippen molar-refractivity contribution in [3.8, 4) is 5.69 Å². The quantitative estimate of drug-likeness (QED) is 0.151. The van der Waals surface area contributed by atoms with Gasteiger partial charge in [-0.1, -0.05) is 66.7 Å². The van der Waals surface area contributed by atoms with Crippen molar-refractivity contribution in [1.82, 2.24) is 17.8 Å². The number of fused-ring (bicyclic) bond motifs is 6. The summed E-state index contributed by atoms with van der Waals surface area (Å²) in [5, 5.41) is 5.13. The van der Waals surface area contributed by atoms with Crippen LogP contribution >= 0.6 is 0 Å². The number of para-hydroxylation sites is 3. The third-order valence-corrected chi connectivity index (χ3v) is 9.63. The summed E-state index contributed by atoms with van der Waals surface area (Å²) in [7, 11) is 0. The van der Waals surface area contributed by atoms with Crippen molar-refractivity contribution >= 4 is 82.0 Å². The summed E-state index contributed by atoms with van der Waals surface area (Å²) in [4.78, 5) is 29.1. The van der Waals surface area contributed by atoms with Crippen molar-refractivity contribution in [3.05, 3.63) is 142 Å². The molecule has 0 radical (unpaired) electrons. The fourth-order valence-corrected chi connectivity index (χ4v) is 7.98. The maximum atomic E-state index is 14.5. The van der Waals surface area contributed by atoms with Gasteiger partial charge in [-0.15, -0.1) is 0 Å². The highest BCUT2D eigenvalue weighted by molar-refractivity contribution is 6.27. The van der Waals surface area contributed by atoms with E-state index < -0.39 is 0 Å². The van der Waals surface area contributed by atoms with Gasteiger partial charge < -0.3 is 4.57 Å². The molecule has 204 valence electrons. The molecular weight excluding hydrogens is 544 g/mol. The Hall–Kier alpha value is -6.14. The molecule has 6 heteroatoms. The van der Waals surface area contributed by atoms with Gasteiger partial charge in [-0.25, -0.2) is 0 Å². The van der Waals surface area contributed by atoms with Crippen LogP contribution in [0, 0.1) is 0 Å². The summed E-state index contributed by atoms with van der Waals surface area (Å²) in [5.41, 5.74) is 8.86. The number of benzene rings is 6. The molecule has 0 unspecified atom stereocenters. The standard InChI is InChI=1S/C38H20N4O2/c43-37-24-14-6-4-12-22(24)26-20-27-23-13-5-7-15-25(23)38(44)41-31-19-9-17-29-35(31)42-34-28(39(29)21-10-2-1-3-11-21)16-8-18-30(34)40(37)32(26)36(42)33(27)41/h1-20H. The van der Waals surface area contributed by atoms with Crippen LogP contribution in [0.25, 0.3) is 87.7 Å². The molecule has 6 nitrogen and oxygen atoms in total. The smallest absolute Gasteiger partial charge is 0.263 e. The van der Waals surface area contributed by atoms with Crippen LogP contribution in [-0.4, -0.2) is 17.8 Å². The van der Waals surface area contributed by atoms with E-state index in [2.05, 4.69) is 39.3 Å². The van der Waals surface area contributed by atoms with E-state index in [0.717, 1.165) is 76.9 Å². The van der Waals surface area contributed by atoms with E-state index in [4.69, 9.17) is 0 Å². The molecule has 0 atom stereocenters. The van der Waals surface area contributed by atoms with Crippen LogP contribution in [0.5, 0.6) is 0 Å². The van der Waals surface area contributed by atoms with Crippen LogP contribution in [0.4, 0.5) is 0 Å². The highest BCUT2D eigenvalue weighted by atomic mass is 16.1. The summed E-state index contributed by atoms with van der Waals surface area (Å²) in [6.45, 7) is 0. The maximum absolute atomic E-state index is 14.5. The lowest BCUT2D eigenvalue weighted by Crippen LogP contribution is -2.23. The van der Waals surface area contributed by atoms with Crippen molar-refractivity contribution in [2.24, 2.45) is 0 Å². The second-order valence-electron chi connectivity index (χ2n) is 11.7. The lowest BCUT2D eigenvalue weighted by atomic mass is 9.97. The molecule has 11 aromatic rings. The molecule has 0 saturated carbocycles. The predicted molar refractivity (Wildman–Crippen MR) is 179 cm³/mol. The second kappa shape index (κ2) is 7.43. The zero-order valence-corrected chi connectivity index (χ0v) is 23.2. The van der Waals surface area contributed by atoms with E-state index in [1.807, 2.05) is 99.8 Å². The Morgan fingerprint density at radius 3 is 1.32 bits per heavy atom. The summed E-state index contributed by atoms with van der Waals surface area (Å²) in [6.07, 6.45) is 0. The molecule has 0 N–H and O–H groups in total. The summed E-state index contributed by atoms with van der Waals surface area (Å²) in [5.74, 6) is 0. The number of nitrogens with zero attached hydrogens (tertiary/aromatic N) is 4. The van der Waals surface area contributed by atoms with E-state index in [9.17, 15) is 9.59 Å². The summed E-state index contributed by atoms with van der Waals surface area (Å²) < 4.78 is 8.34. The minimum atomic E-state index is -0.0673. The van der Waals surface area contributed by atoms with Crippen molar-refractivity contribution in [1.29, 1.82) is 0 Å². The van der Waals surface area contributed by atoms with Gasteiger partial charge in [0.1, 0.15) is 0 Å². The highest BCUT2D eigenvalue weighted by Crippen LogP contribution is 2.43. The molecule has 0 amide bonds. The summed E-state index contributed by atoms with van der Waals surface area (Å²) in [6, 6.07) is 40.6. The molecule has 5 heterocycles. The van der Waals surface area contributed by atoms with Gasteiger partial charge in [0, 0.05) is 27.2 Å². The SMILES string of the molecule is O=c1c2ccccc2c2cc3c4ccccc4c(=O)n4c5cccc6c5n5c7c(cccc7n1c2c5c34)n6-c1ccccc1. The number of hydrogen-bond donors (Lipinski definition) is 0. The topological polar surface area (TPSA) is 52.3 Å². The molecule has 0 fully saturated rings. The number of aromatic nitrogens is 4. The van der Waals surface area contributed by atoms with E-state index >= 15 is 0 Å². The molecule has 0 aliphatic carbocycles. The van der Waals surface area contributed by atoms with Crippen LogP contribution < -0.4 is 11.1 Å². The van der Waals surface area contributed by atoms with Crippen molar-refractivity contribution in [2.75, 3.05) is 0 Å². The van der Waals surface area contributed by atoms with Gasteiger partial charge in [-0.3, -0.25) is 22.8 Å². The molecule has 0 saturated heterocycles. The van der Waals surface area contributed by atoms with Crippen molar-refractivity contribution < 1.29 is 0 Å². The van der Waals surface area contributed by atoms with Gasteiger partial charge in [-0.05, 0) is 65.4 Å². The van der Waals surface area contributed by atoms with E-state index in [1.54, 1.807) is 0 Å². The Morgan fingerprint density at radius 1 is 0.341 bits per heavy atom. The third kappa shape index (κ3) is 2.36. The number of hydrogen-bond acceptors (Lipinski definition) is 2. The van der Waals surface area contributed by atoms with E-state index in [1.165, 1.54) is 0 Å². The average Bonchev–Trinajstić information content (AvgIpc) is 3.08. The average molecular weight is 565 g/mol. The Labute approximate surface area is 247 Å². The van der Waals surface area contributed by atoms with E-state index in [-0.39, 0.29) is 11.1 Å². The van der Waals surface area contributed by atoms with Gasteiger partial charge in [0.05, 0.1) is 49.7 Å². The first-order valence-electron chi connectivity index (χ1n) is 14.7. The Morgan fingerprint density at radius 2 is 0.795 bits per heavy atom. The highest BCUT2D eigenvalue weighted by Gasteiger charge is 2.27. The molecular formula is C38H20N4O2. The Balaban J connectivity index is 1.64. The molecule has 0 aliphatic rings. The Bertz CT molecular complexity index is 2950. The first-order chi connectivity index (χ1) is 21.7. The molecule has 6 aromatic carbocycles. The van der Waals surface area contributed by atoms with Crippen molar-refractivity contribution in [3.63, 3.8) is 0 Å². The zero-order valence-electron chi connectivity index (χ0n) is 23.2. The second-order valence-corrected chi connectivity index (χ2v) is 11.7. The molecule has 44 heavy (non-hydrogen) atoms. The molecule has 0 aliphatic heterocycles. The fraction of sp³-hybridized carbons (Fsp3) is 0. The largest absolute Gasteiger partial charge is 0.306 e. The normalized spacial score (nSPS) is 12.7. The van der Waals surface area contributed by atoms with Crippen LogP contribution in [0.15, 0.2) is 131 Å². The lowest BCUT2D eigenvalue weighted by molar-refractivity contribution is 1.08. The van der Waals surface area contributed by atoms with Gasteiger partial charge in [0.25, 0.3) is 11.1 Å². The third-order valence-electron chi connectivity index (χ3n) is 9.63. The van der Waals surface area contributed by atoms with E-state index in [0.29, 0.717) is 10.8 Å². The molecule has 5 aromatic heterocycles. The van der Waals surface area contributed by atoms with Gasteiger partial charge in [0.2, 0.25) is 0 Å². The maximum Gasteiger partial charge on any atom is 0.263 e. The number of rotatable bonds is 1. The summed E-state index contributed by atoms with van der Waals surface area (Å²) >= 11 is 0. The molecule has 11 rings (SSSR count). The Kier molecular flexibility index (Phi) is 3.79. The first-order valence-corrected chi connectivity index (χ1v) is 14.7. The minimum Gasteiger partial charge on any atom is -0.306 e. The van der Waals surface area contributed by atoms with Crippen LogP contribution in [0.1, 0.15) is 0 Å². The zero-order chi connectivity index (χ0) is 28.8. The van der Waals surface area contributed by atoms with Crippen LogP contribution in [-0.2, 0) is 0 Å². The van der Waals surface area contributed by atoms with Crippen molar-refractivity contribution in [2.45, 2.75) is 0 Å². The monoisotopic (exact) mass is 564 g/mol. The lowest BCUT2D eigenvalue weighted by Gasteiger charge is -2.27. The number of pyridine rings is 2. The minimum absolute atomic E-state index is 0.0673. The first kappa shape index (κ1) is 22.5. The molecule has 0 spiro atoms. The van der Waals surface area contributed by atoms with Gasteiger partial charge in [0.15, 0.2) is 0 Å². The molecule has 0 bridgehead atoms. The fourth-order valence-electron chi connectivity index (χ4n) is 7.98. The van der Waals surface area contributed by atoms with Crippen LogP contribution in [0.2, 0.25) is 0 Å². The van der Waals surface area contributed by atoms with Gasteiger partial charge in [-0.2, -0.15) is 0 Å².